The normalized spacial score (nSPS) is 12.6. The fourth-order valence-corrected chi connectivity index (χ4v) is 1.01. The van der Waals surface area contributed by atoms with E-state index >= 15 is 0 Å². The molecule has 12 heavy (non-hydrogen) atoms. The fourth-order valence-electron chi connectivity index (χ4n) is 0.734. The van der Waals surface area contributed by atoms with E-state index in [1.165, 1.54) is 12.3 Å². The minimum atomic E-state index is -0.743. The molecule has 0 bridgehead atoms. The second-order valence-corrected chi connectivity index (χ2v) is 2.99. The van der Waals surface area contributed by atoms with Crippen LogP contribution in [0.1, 0.15) is 11.7 Å². The quantitative estimate of drug-likeness (QED) is 0.593. The Hall–Kier alpha value is -0.570. The van der Waals surface area contributed by atoms with E-state index in [0.717, 1.165) is 0 Å². The van der Waals surface area contributed by atoms with Gasteiger partial charge in [0.2, 0.25) is 0 Å². The average molecular weight is 204 g/mol. The highest BCUT2D eigenvalue weighted by atomic mass is 35.5. The van der Waals surface area contributed by atoms with Crippen molar-refractivity contribution in [3.8, 4) is 0 Å². The van der Waals surface area contributed by atoms with Crippen molar-refractivity contribution in [1.82, 2.24) is 4.98 Å². The molecule has 0 aliphatic carbocycles. The summed E-state index contributed by atoms with van der Waals surface area (Å²) in [5.41, 5.74) is 0.583. The van der Waals surface area contributed by atoms with Gasteiger partial charge in [-0.1, -0.05) is 29.3 Å². The molecule has 0 aliphatic rings. The number of pyridine rings is 1. The lowest BCUT2D eigenvalue weighted by Crippen LogP contribution is -1.93. The van der Waals surface area contributed by atoms with Crippen LogP contribution in [0.4, 0.5) is 0 Å². The highest BCUT2D eigenvalue weighted by Crippen LogP contribution is 2.23. The van der Waals surface area contributed by atoms with Crippen molar-refractivity contribution >= 4 is 23.2 Å². The Balaban J connectivity index is 3.04. The van der Waals surface area contributed by atoms with Crippen molar-refractivity contribution in [2.75, 3.05) is 0 Å². The average Bonchev–Trinajstić information content (AvgIpc) is 2.08. The molecule has 1 unspecified atom stereocenters. The molecule has 4 heteroatoms. The molecule has 1 aromatic rings. The van der Waals surface area contributed by atoms with Crippen LogP contribution in [0.2, 0.25) is 10.2 Å². The maximum absolute atomic E-state index is 9.28. The molecule has 1 atom stereocenters. The molecule has 0 radical (unpaired) electrons. The van der Waals surface area contributed by atoms with E-state index in [-0.39, 0.29) is 5.15 Å². The molecule has 0 spiro atoms. The Morgan fingerprint density at radius 2 is 2.25 bits per heavy atom. The standard InChI is InChI=1S/C8H7Cl2NO/c1-2-7(12)5-3-6(9)8(10)11-4-5/h2-4,7,12H,1H2. The van der Waals surface area contributed by atoms with Crippen LogP contribution in [-0.4, -0.2) is 10.1 Å². The molecule has 0 amide bonds. The Bertz CT molecular complexity index is 301. The minimum absolute atomic E-state index is 0.233. The summed E-state index contributed by atoms with van der Waals surface area (Å²) in [5.74, 6) is 0. The van der Waals surface area contributed by atoms with Gasteiger partial charge in [0.15, 0.2) is 0 Å². The predicted molar refractivity (Wildman–Crippen MR) is 49.4 cm³/mol. The van der Waals surface area contributed by atoms with Gasteiger partial charge in [0.05, 0.1) is 11.1 Å². The first kappa shape index (κ1) is 9.52. The van der Waals surface area contributed by atoms with Crippen molar-refractivity contribution in [1.29, 1.82) is 0 Å². The number of halogens is 2. The van der Waals surface area contributed by atoms with Crippen molar-refractivity contribution in [2.45, 2.75) is 6.10 Å². The number of aromatic nitrogens is 1. The Kier molecular flexibility index (Phi) is 3.09. The van der Waals surface area contributed by atoms with E-state index in [2.05, 4.69) is 11.6 Å². The second-order valence-electron chi connectivity index (χ2n) is 2.22. The van der Waals surface area contributed by atoms with Crippen molar-refractivity contribution in [2.24, 2.45) is 0 Å². The zero-order chi connectivity index (χ0) is 9.14. The minimum Gasteiger partial charge on any atom is -0.384 e. The summed E-state index contributed by atoms with van der Waals surface area (Å²) in [6.45, 7) is 3.44. The highest BCUT2D eigenvalue weighted by Gasteiger charge is 2.05. The van der Waals surface area contributed by atoms with Gasteiger partial charge in [0.25, 0.3) is 0 Å². The summed E-state index contributed by atoms with van der Waals surface area (Å²) in [4.78, 5) is 3.77. The van der Waals surface area contributed by atoms with Crippen LogP contribution in [0.3, 0.4) is 0 Å². The van der Waals surface area contributed by atoms with Crippen LogP contribution in [-0.2, 0) is 0 Å². The molecule has 0 fully saturated rings. The van der Waals surface area contributed by atoms with Crippen LogP contribution < -0.4 is 0 Å². The first-order chi connectivity index (χ1) is 5.65. The summed E-state index contributed by atoms with van der Waals surface area (Å²) in [5, 5.41) is 9.85. The van der Waals surface area contributed by atoms with E-state index < -0.39 is 6.10 Å². The van der Waals surface area contributed by atoms with Gasteiger partial charge in [-0.25, -0.2) is 4.98 Å². The van der Waals surface area contributed by atoms with E-state index in [0.29, 0.717) is 10.6 Å². The SMILES string of the molecule is C=CC(O)c1cnc(Cl)c(Cl)c1. The summed E-state index contributed by atoms with van der Waals surface area (Å²) in [7, 11) is 0. The number of aliphatic hydroxyl groups excluding tert-OH is 1. The summed E-state index contributed by atoms with van der Waals surface area (Å²) >= 11 is 11.3. The molecular weight excluding hydrogens is 197 g/mol. The van der Waals surface area contributed by atoms with Gasteiger partial charge in [-0.3, -0.25) is 0 Å². The molecule has 0 aliphatic heterocycles. The van der Waals surface area contributed by atoms with Crippen molar-refractivity contribution in [3.05, 3.63) is 40.7 Å². The Morgan fingerprint density at radius 1 is 1.58 bits per heavy atom. The molecule has 0 aromatic carbocycles. The Labute approximate surface area is 80.5 Å². The molecule has 0 saturated carbocycles. The zero-order valence-electron chi connectivity index (χ0n) is 6.17. The Morgan fingerprint density at radius 3 is 2.75 bits per heavy atom. The third kappa shape index (κ3) is 1.97. The molecule has 64 valence electrons. The van der Waals surface area contributed by atoms with Crippen molar-refractivity contribution < 1.29 is 5.11 Å². The smallest absolute Gasteiger partial charge is 0.147 e. The van der Waals surface area contributed by atoms with Crippen LogP contribution in [0.25, 0.3) is 0 Å². The third-order valence-corrected chi connectivity index (χ3v) is 2.07. The van der Waals surface area contributed by atoms with E-state index in [1.54, 1.807) is 6.07 Å². The van der Waals surface area contributed by atoms with Gasteiger partial charge in [0, 0.05) is 11.8 Å². The molecule has 2 nitrogen and oxygen atoms in total. The van der Waals surface area contributed by atoms with E-state index in [1.807, 2.05) is 0 Å². The van der Waals surface area contributed by atoms with Gasteiger partial charge in [-0.15, -0.1) is 6.58 Å². The zero-order valence-corrected chi connectivity index (χ0v) is 7.68. The van der Waals surface area contributed by atoms with Gasteiger partial charge in [-0.2, -0.15) is 0 Å². The van der Waals surface area contributed by atoms with Gasteiger partial charge in [-0.05, 0) is 6.07 Å². The van der Waals surface area contributed by atoms with Gasteiger partial charge in [0.1, 0.15) is 5.15 Å². The lowest BCUT2D eigenvalue weighted by Gasteiger charge is -2.04. The first-order valence-electron chi connectivity index (χ1n) is 3.26. The van der Waals surface area contributed by atoms with Gasteiger partial charge < -0.3 is 5.11 Å². The summed E-state index contributed by atoms with van der Waals surface area (Å²) in [6, 6.07) is 1.56. The lowest BCUT2D eigenvalue weighted by atomic mass is 10.2. The number of nitrogens with zero attached hydrogens (tertiary/aromatic N) is 1. The van der Waals surface area contributed by atoms with E-state index in [4.69, 9.17) is 23.2 Å². The number of hydrogen-bond acceptors (Lipinski definition) is 2. The largest absolute Gasteiger partial charge is 0.384 e. The van der Waals surface area contributed by atoms with Crippen molar-refractivity contribution in [3.63, 3.8) is 0 Å². The third-order valence-electron chi connectivity index (χ3n) is 1.38. The fraction of sp³-hybridized carbons (Fsp3) is 0.125. The highest BCUT2D eigenvalue weighted by molar-refractivity contribution is 6.41. The first-order valence-corrected chi connectivity index (χ1v) is 4.02. The number of aliphatic hydroxyl groups is 1. The van der Waals surface area contributed by atoms with E-state index in [9.17, 15) is 5.11 Å². The molecule has 1 rings (SSSR count). The molecule has 1 heterocycles. The second kappa shape index (κ2) is 3.90. The lowest BCUT2D eigenvalue weighted by molar-refractivity contribution is 0.228. The molecule has 1 N–H and O–H groups in total. The molecule has 0 saturated heterocycles. The number of rotatable bonds is 2. The predicted octanol–water partition coefficient (Wildman–Crippen LogP) is 2.61. The summed E-state index contributed by atoms with van der Waals surface area (Å²) in [6.07, 6.45) is 2.11. The van der Waals surface area contributed by atoms with Gasteiger partial charge >= 0.3 is 0 Å². The van der Waals surface area contributed by atoms with Crippen LogP contribution in [0, 0.1) is 0 Å². The van der Waals surface area contributed by atoms with Crippen LogP contribution >= 0.6 is 23.2 Å². The van der Waals surface area contributed by atoms with Crippen LogP contribution in [0.5, 0.6) is 0 Å². The molecule has 1 aromatic heterocycles. The maximum atomic E-state index is 9.28. The number of hydrogen-bond donors (Lipinski definition) is 1. The van der Waals surface area contributed by atoms with Crippen LogP contribution in [0.15, 0.2) is 24.9 Å². The topological polar surface area (TPSA) is 33.1 Å². The molecular formula is C8H7Cl2NO. The monoisotopic (exact) mass is 203 g/mol. The maximum Gasteiger partial charge on any atom is 0.147 e. The summed E-state index contributed by atoms with van der Waals surface area (Å²) < 4.78 is 0.